The molecule has 3 aromatic rings. The molecule has 1 atom stereocenters. The van der Waals surface area contributed by atoms with E-state index in [4.69, 9.17) is 4.42 Å². The molecule has 0 fully saturated rings. The van der Waals surface area contributed by atoms with Crippen LogP contribution in [0.3, 0.4) is 0 Å². The molecule has 0 radical (unpaired) electrons. The van der Waals surface area contributed by atoms with Crippen molar-refractivity contribution in [1.82, 2.24) is 10.2 Å². The van der Waals surface area contributed by atoms with Gasteiger partial charge in [-0.25, -0.2) is 4.79 Å². The van der Waals surface area contributed by atoms with Crippen molar-refractivity contribution in [2.24, 2.45) is 0 Å². The Kier molecular flexibility index (Phi) is 6.09. The number of likely N-dealkylation sites (N-methyl/N-ethyl adjacent to an activating group) is 1. The Labute approximate surface area is 160 Å². The van der Waals surface area contributed by atoms with Crippen LogP contribution in [-0.4, -0.2) is 31.6 Å². The summed E-state index contributed by atoms with van der Waals surface area (Å²) >= 11 is 0. The lowest BCUT2D eigenvalue weighted by atomic mass is 10.0. The molecule has 0 aliphatic rings. The Bertz CT molecular complexity index is 961. The predicted molar refractivity (Wildman–Crippen MR) is 111 cm³/mol. The second-order valence-electron chi connectivity index (χ2n) is 7.46. The number of hydrogen-bond acceptors (Lipinski definition) is 4. The molecule has 3 rings (SSSR count). The SMILES string of the molecule is Cc1cc2oc(=O)cc(CNC[C@@H](Cc3ccccc3)N(C)C)c2cc1C. The van der Waals surface area contributed by atoms with Gasteiger partial charge in [0.2, 0.25) is 0 Å². The van der Waals surface area contributed by atoms with Crippen LogP contribution >= 0.6 is 0 Å². The average molecular weight is 364 g/mol. The Morgan fingerprint density at radius 3 is 2.44 bits per heavy atom. The van der Waals surface area contributed by atoms with Gasteiger partial charge in [0.15, 0.2) is 0 Å². The van der Waals surface area contributed by atoms with Crippen molar-refractivity contribution in [3.05, 3.63) is 81.2 Å². The molecule has 0 amide bonds. The molecule has 0 saturated carbocycles. The van der Waals surface area contributed by atoms with Crippen molar-refractivity contribution in [3.63, 3.8) is 0 Å². The van der Waals surface area contributed by atoms with Gasteiger partial charge in [-0.1, -0.05) is 30.3 Å². The van der Waals surface area contributed by atoms with Gasteiger partial charge in [-0.2, -0.15) is 0 Å². The number of fused-ring (bicyclic) bond motifs is 1. The molecule has 4 nitrogen and oxygen atoms in total. The first-order valence-electron chi connectivity index (χ1n) is 9.39. The molecule has 27 heavy (non-hydrogen) atoms. The van der Waals surface area contributed by atoms with Crippen LogP contribution in [0.15, 0.2) is 57.7 Å². The van der Waals surface area contributed by atoms with Gasteiger partial charge in [-0.05, 0) is 68.8 Å². The van der Waals surface area contributed by atoms with Crippen LogP contribution in [-0.2, 0) is 13.0 Å². The molecule has 0 aliphatic heterocycles. The highest BCUT2D eigenvalue weighted by molar-refractivity contribution is 5.81. The topological polar surface area (TPSA) is 45.5 Å². The van der Waals surface area contributed by atoms with E-state index in [-0.39, 0.29) is 5.63 Å². The van der Waals surface area contributed by atoms with E-state index in [1.165, 1.54) is 11.1 Å². The van der Waals surface area contributed by atoms with E-state index >= 15 is 0 Å². The van der Waals surface area contributed by atoms with Gasteiger partial charge in [0.1, 0.15) is 5.58 Å². The van der Waals surface area contributed by atoms with Crippen LogP contribution in [0.5, 0.6) is 0 Å². The first-order valence-corrected chi connectivity index (χ1v) is 9.39. The van der Waals surface area contributed by atoms with E-state index in [1.54, 1.807) is 6.07 Å². The number of aryl methyl sites for hydroxylation is 2. The normalized spacial score (nSPS) is 12.6. The van der Waals surface area contributed by atoms with Gasteiger partial charge in [-0.3, -0.25) is 0 Å². The summed E-state index contributed by atoms with van der Waals surface area (Å²) in [6.45, 7) is 5.60. The zero-order valence-corrected chi connectivity index (χ0v) is 16.6. The van der Waals surface area contributed by atoms with Gasteiger partial charge < -0.3 is 14.6 Å². The van der Waals surface area contributed by atoms with Gasteiger partial charge in [-0.15, -0.1) is 0 Å². The summed E-state index contributed by atoms with van der Waals surface area (Å²) in [5.74, 6) is 0. The average Bonchev–Trinajstić information content (AvgIpc) is 2.63. The van der Waals surface area contributed by atoms with Gasteiger partial charge in [0, 0.05) is 30.6 Å². The molecule has 1 aromatic heterocycles. The van der Waals surface area contributed by atoms with Crippen molar-refractivity contribution >= 4 is 11.0 Å². The maximum Gasteiger partial charge on any atom is 0.336 e. The van der Waals surface area contributed by atoms with Crippen LogP contribution in [0.2, 0.25) is 0 Å². The molecule has 0 bridgehead atoms. The monoisotopic (exact) mass is 364 g/mol. The standard InChI is InChI=1S/C23H28N2O2/c1-16-10-21-19(13-23(26)27-22(21)11-17(16)2)14-24-15-20(25(3)4)12-18-8-6-5-7-9-18/h5-11,13,20,24H,12,14-15H2,1-4H3/t20-/m1/s1. The fourth-order valence-electron chi connectivity index (χ4n) is 3.33. The fourth-order valence-corrected chi connectivity index (χ4v) is 3.33. The lowest BCUT2D eigenvalue weighted by molar-refractivity contribution is 0.281. The lowest BCUT2D eigenvalue weighted by Crippen LogP contribution is -2.39. The first kappa shape index (κ1) is 19.3. The minimum Gasteiger partial charge on any atom is -0.423 e. The number of nitrogens with zero attached hydrogens (tertiary/aromatic N) is 1. The van der Waals surface area contributed by atoms with E-state index in [9.17, 15) is 4.79 Å². The number of benzene rings is 2. The molecule has 4 heteroatoms. The van der Waals surface area contributed by atoms with E-state index in [2.05, 4.69) is 61.6 Å². The largest absolute Gasteiger partial charge is 0.423 e. The summed E-state index contributed by atoms with van der Waals surface area (Å²) in [7, 11) is 4.21. The van der Waals surface area contributed by atoms with Crippen LogP contribution in [0.1, 0.15) is 22.3 Å². The Balaban J connectivity index is 1.73. The number of nitrogens with one attached hydrogen (secondary N) is 1. The molecular weight excluding hydrogens is 336 g/mol. The maximum atomic E-state index is 11.9. The van der Waals surface area contributed by atoms with Crippen LogP contribution in [0, 0.1) is 13.8 Å². The zero-order valence-electron chi connectivity index (χ0n) is 16.6. The molecule has 2 aromatic carbocycles. The Morgan fingerprint density at radius 1 is 1.04 bits per heavy atom. The fraction of sp³-hybridized carbons (Fsp3) is 0.348. The number of hydrogen-bond donors (Lipinski definition) is 1. The minimum atomic E-state index is -0.295. The van der Waals surface area contributed by atoms with Crippen molar-refractivity contribution in [1.29, 1.82) is 0 Å². The van der Waals surface area contributed by atoms with E-state index < -0.39 is 0 Å². The van der Waals surface area contributed by atoms with Crippen molar-refractivity contribution in [2.45, 2.75) is 32.9 Å². The third-order valence-electron chi connectivity index (χ3n) is 5.18. The summed E-state index contributed by atoms with van der Waals surface area (Å²) in [5.41, 5.74) is 5.02. The van der Waals surface area contributed by atoms with Crippen LogP contribution in [0.4, 0.5) is 0 Å². The molecule has 0 unspecified atom stereocenters. The molecule has 142 valence electrons. The summed E-state index contributed by atoms with van der Waals surface area (Å²) in [6, 6.07) is 16.6. The van der Waals surface area contributed by atoms with Gasteiger partial charge in [0.05, 0.1) is 0 Å². The smallest absolute Gasteiger partial charge is 0.336 e. The maximum absolute atomic E-state index is 11.9. The molecule has 0 aliphatic carbocycles. The van der Waals surface area contributed by atoms with Crippen LogP contribution in [0.25, 0.3) is 11.0 Å². The second-order valence-corrected chi connectivity index (χ2v) is 7.46. The highest BCUT2D eigenvalue weighted by atomic mass is 16.4. The molecule has 0 saturated heterocycles. The number of rotatable bonds is 7. The van der Waals surface area contributed by atoms with E-state index in [0.717, 1.165) is 29.5 Å². The Hall–Kier alpha value is -2.43. The van der Waals surface area contributed by atoms with Crippen LogP contribution < -0.4 is 10.9 Å². The molecular formula is C23H28N2O2. The molecule has 1 heterocycles. The summed E-state index contributed by atoms with van der Waals surface area (Å²) in [5, 5.41) is 4.54. The summed E-state index contributed by atoms with van der Waals surface area (Å²) in [6.07, 6.45) is 0.983. The van der Waals surface area contributed by atoms with Crippen molar-refractivity contribution in [3.8, 4) is 0 Å². The second kappa shape index (κ2) is 8.51. The van der Waals surface area contributed by atoms with Gasteiger partial charge >= 0.3 is 5.63 Å². The first-order chi connectivity index (χ1) is 12.9. The third kappa shape index (κ3) is 4.85. The van der Waals surface area contributed by atoms with Crippen molar-refractivity contribution in [2.75, 3.05) is 20.6 Å². The van der Waals surface area contributed by atoms with E-state index in [1.807, 2.05) is 19.1 Å². The van der Waals surface area contributed by atoms with Crippen molar-refractivity contribution < 1.29 is 4.42 Å². The minimum absolute atomic E-state index is 0.295. The zero-order chi connectivity index (χ0) is 19.4. The third-order valence-corrected chi connectivity index (χ3v) is 5.18. The summed E-state index contributed by atoms with van der Waals surface area (Å²) < 4.78 is 5.39. The highest BCUT2D eigenvalue weighted by Gasteiger charge is 2.13. The predicted octanol–water partition coefficient (Wildman–Crippen LogP) is 3.67. The lowest BCUT2D eigenvalue weighted by Gasteiger charge is -2.25. The summed E-state index contributed by atoms with van der Waals surface area (Å²) in [4.78, 5) is 14.2. The van der Waals surface area contributed by atoms with E-state index in [0.29, 0.717) is 18.2 Å². The quantitative estimate of drug-likeness (QED) is 0.650. The molecule has 0 spiro atoms. The molecule has 1 N–H and O–H groups in total. The highest BCUT2D eigenvalue weighted by Crippen LogP contribution is 2.21. The van der Waals surface area contributed by atoms with Gasteiger partial charge in [0.25, 0.3) is 0 Å². The Morgan fingerprint density at radius 2 is 1.74 bits per heavy atom.